The van der Waals surface area contributed by atoms with Crippen molar-refractivity contribution >= 4 is 0 Å². The van der Waals surface area contributed by atoms with Gasteiger partial charge in [-0.05, 0) is 45.2 Å². The van der Waals surface area contributed by atoms with Crippen molar-refractivity contribution in [2.45, 2.75) is 39.2 Å². The van der Waals surface area contributed by atoms with Gasteiger partial charge in [-0.3, -0.25) is 0 Å². The van der Waals surface area contributed by atoms with Gasteiger partial charge < -0.3 is 10.6 Å². The van der Waals surface area contributed by atoms with Gasteiger partial charge in [0.2, 0.25) is 0 Å². The van der Waals surface area contributed by atoms with Gasteiger partial charge in [-0.2, -0.15) is 0 Å². The van der Waals surface area contributed by atoms with Crippen LogP contribution in [-0.2, 0) is 0 Å². The van der Waals surface area contributed by atoms with Crippen LogP contribution in [0.2, 0.25) is 0 Å². The Morgan fingerprint density at radius 1 is 1.42 bits per heavy atom. The van der Waals surface area contributed by atoms with E-state index >= 15 is 0 Å². The highest BCUT2D eigenvalue weighted by molar-refractivity contribution is 4.70. The Morgan fingerprint density at radius 3 is 2.83 bits per heavy atom. The molecule has 0 saturated carbocycles. The van der Waals surface area contributed by atoms with Crippen molar-refractivity contribution in [1.29, 1.82) is 0 Å². The summed E-state index contributed by atoms with van der Waals surface area (Å²) in [5.41, 5.74) is 5.77. The Morgan fingerprint density at radius 2 is 2.17 bits per heavy atom. The number of hydrogen-bond acceptors (Lipinski definition) is 2. The summed E-state index contributed by atoms with van der Waals surface area (Å²) in [7, 11) is 0. The van der Waals surface area contributed by atoms with Crippen molar-refractivity contribution in [3.8, 4) is 0 Å². The molecule has 1 rings (SSSR count). The summed E-state index contributed by atoms with van der Waals surface area (Å²) < 4.78 is 0. The molecule has 1 unspecified atom stereocenters. The third-order valence-corrected chi connectivity index (χ3v) is 2.66. The summed E-state index contributed by atoms with van der Waals surface area (Å²) in [4.78, 5) is 2.51. The van der Waals surface area contributed by atoms with Crippen molar-refractivity contribution in [3.63, 3.8) is 0 Å². The first-order valence-electron chi connectivity index (χ1n) is 5.16. The van der Waals surface area contributed by atoms with E-state index in [1.165, 1.54) is 32.4 Å². The monoisotopic (exact) mass is 170 g/mol. The molecule has 0 aromatic carbocycles. The summed E-state index contributed by atoms with van der Waals surface area (Å²) in [6.45, 7) is 8.03. The van der Waals surface area contributed by atoms with E-state index in [2.05, 4.69) is 18.7 Å². The van der Waals surface area contributed by atoms with Gasteiger partial charge in [-0.15, -0.1) is 0 Å². The quantitative estimate of drug-likeness (QED) is 0.680. The summed E-state index contributed by atoms with van der Waals surface area (Å²) in [6.07, 6.45) is 4.11. The van der Waals surface area contributed by atoms with Crippen LogP contribution in [0.15, 0.2) is 0 Å². The SMILES string of the molecule is CC1CCCN(C[C@H](C)N)CC1. The van der Waals surface area contributed by atoms with Gasteiger partial charge >= 0.3 is 0 Å². The van der Waals surface area contributed by atoms with Crippen LogP contribution in [0.1, 0.15) is 33.1 Å². The van der Waals surface area contributed by atoms with Crippen molar-refractivity contribution in [1.82, 2.24) is 4.90 Å². The van der Waals surface area contributed by atoms with E-state index < -0.39 is 0 Å². The van der Waals surface area contributed by atoms with E-state index in [9.17, 15) is 0 Å². The van der Waals surface area contributed by atoms with Gasteiger partial charge in [0.1, 0.15) is 0 Å². The first kappa shape index (κ1) is 10.0. The van der Waals surface area contributed by atoms with E-state index in [0.717, 1.165) is 12.5 Å². The standard InChI is InChI=1S/C10H22N2/c1-9-4-3-6-12(7-5-9)8-10(2)11/h9-10H,3-8,11H2,1-2H3/t9?,10-/m0/s1. The molecule has 1 heterocycles. The minimum Gasteiger partial charge on any atom is -0.327 e. The molecule has 0 bridgehead atoms. The minimum atomic E-state index is 0.332. The topological polar surface area (TPSA) is 29.3 Å². The van der Waals surface area contributed by atoms with Gasteiger partial charge in [-0.25, -0.2) is 0 Å². The molecule has 0 aromatic rings. The molecule has 1 aliphatic rings. The van der Waals surface area contributed by atoms with Crippen LogP contribution >= 0.6 is 0 Å². The van der Waals surface area contributed by atoms with Crippen molar-refractivity contribution in [2.24, 2.45) is 11.7 Å². The third-order valence-electron chi connectivity index (χ3n) is 2.66. The zero-order valence-electron chi connectivity index (χ0n) is 8.42. The Balaban J connectivity index is 2.26. The molecule has 0 amide bonds. The van der Waals surface area contributed by atoms with E-state index in [0.29, 0.717) is 6.04 Å². The zero-order chi connectivity index (χ0) is 8.97. The third kappa shape index (κ3) is 3.55. The molecule has 1 saturated heterocycles. The Labute approximate surface area is 76.1 Å². The van der Waals surface area contributed by atoms with Crippen LogP contribution in [0, 0.1) is 5.92 Å². The lowest BCUT2D eigenvalue weighted by molar-refractivity contribution is 0.269. The molecule has 12 heavy (non-hydrogen) atoms. The molecule has 0 aromatic heterocycles. The second kappa shape index (κ2) is 4.83. The molecular weight excluding hydrogens is 148 g/mol. The molecule has 2 atom stereocenters. The summed E-state index contributed by atoms with van der Waals surface area (Å²) in [5, 5.41) is 0. The van der Waals surface area contributed by atoms with E-state index in [1.807, 2.05) is 0 Å². The fourth-order valence-electron chi connectivity index (χ4n) is 1.91. The maximum Gasteiger partial charge on any atom is 0.0139 e. The van der Waals surface area contributed by atoms with Gasteiger partial charge in [0, 0.05) is 12.6 Å². The lowest BCUT2D eigenvalue weighted by Crippen LogP contribution is -2.36. The van der Waals surface area contributed by atoms with Crippen molar-refractivity contribution in [3.05, 3.63) is 0 Å². The van der Waals surface area contributed by atoms with Crippen LogP contribution in [0.5, 0.6) is 0 Å². The first-order chi connectivity index (χ1) is 5.68. The average Bonchev–Trinajstić information content (AvgIpc) is 2.15. The number of nitrogens with two attached hydrogens (primary N) is 1. The normalized spacial score (nSPS) is 29.8. The smallest absolute Gasteiger partial charge is 0.0139 e. The summed E-state index contributed by atoms with van der Waals surface area (Å²) in [6, 6.07) is 0.332. The molecule has 0 aliphatic carbocycles. The first-order valence-corrected chi connectivity index (χ1v) is 5.16. The molecule has 1 fully saturated rings. The van der Waals surface area contributed by atoms with Crippen LogP contribution < -0.4 is 5.73 Å². The zero-order valence-corrected chi connectivity index (χ0v) is 8.42. The Kier molecular flexibility index (Phi) is 4.02. The Bertz CT molecular complexity index is 123. The highest BCUT2D eigenvalue weighted by Crippen LogP contribution is 2.16. The van der Waals surface area contributed by atoms with Gasteiger partial charge in [0.25, 0.3) is 0 Å². The van der Waals surface area contributed by atoms with E-state index in [-0.39, 0.29) is 0 Å². The maximum atomic E-state index is 5.77. The molecule has 0 spiro atoms. The van der Waals surface area contributed by atoms with Gasteiger partial charge in [0.05, 0.1) is 0 Å². The fourth-order valence-corrected chi connectivity index (χ4v) is 1.91. The number of likely N-dealkylation sites (tertiary alicyclic amines) is 1. The largest absolute Gasteiger partial charge is 0.327 e. The minimum absolute atomic E-state index is 0.332. The Hall–Kier alpha value is -0.0800. The highest BCUT2D eigenvalue weighted by Gasteiger charge is 2.13. The van der Waals surface area contributed by atoms with Gasteiger partial charge in [0.15, 0.2) is 0 Å². The number of nitrogens with zero attached hydrogens (tertiary/aromatic N) is 1. The summed E-state index contributed by atoms with van der Waals surface area (Å²) >= 11 is 0. The lowest BCUT2D eigenvalue weighted by atomic mass is 10.0. The maximum absolute atomic E-state index is 5.77. The predicted octanol–water partition coefficient (Wildman–Crippen LogP) is 1.46. The van der Waals surface area contributed by atoms with E-state index in [1.54, 1.807) is 0 Å². The average molecular weight is 170 g/mol. The molecular formula is C10H22N2. The molecule has 2 heteroatoms. The molecule has 0 radical (unpaired) electrons. The van der Waals surface area contributed by atoms with Gasteiger partial charge in [-0.1, -0.05) is 6.92 Å². The predicted molar refractivity (Wildman–Crippen MR) is 53.1 cm³/mol. The van der Waals surface area contributed by atoms with Crippen LogP contribution in [0.3, 0.4) is 0 Å². The van der Waals surface area contributed by atoms with Crippen LogP contribution in [0.4, 0.5) is 0 Å². The molecule has 1 aliphatic heterocycles. The lowest BCUT2D eigenvalue weighted by Gasteiger charge is -2.21. The van der Waals surface area contributed by atoms with Crippen LogP contribution in [-0.4, -0.2) is 30.6 Å². The van der Waals surface area contributed by atoms with Crippen molar-refractivity contribution in [2.75, 3.05) is 19.6 Å². The number of rotatable bonds is 2. The second-order valence-corrected chi connectivity index (χ2v) is 4.31. The molecule has 2 N–H and O–H groups in total. The summed E-state index contributed by atoms with van der Waals surface area (Å²) in [5.74, 6) is 0.920. The molecule has 72 valence electrons. The fraction of sp³-hybridized carbons (Fsp3) is 1.00. The second-order valence-electron chi connectivity index (χ2n) is 4.31. The number of hydrogen-bond donors (Lipinski definition) is 1. The van der Waals surface area contributed by atoms with Crippen molar-refractivity contribution < 1.29 is 0 Å². The highest BCUT2D eigenvalue weighted by atomic mass is 15.1. The van der Waals surface area contributed by atoms with E-state index in [4.69, 9.17) is 5.73 Å². The van der Waals surface area contributed by atoms with Crippen LogP contribution in [0.25, 0.3) is 0 Å². The molecule has 2 nitrogen and oxygen atoms in total.